The normalized spacial score (nSPS) is 11.0. The van der Waals surface area contributed by atoms with Gasteiger partial charge in [0.25, 0.3) is 0 Å². The predicted octanol–water partition coefficient (Wildman–Crippen LogP) is 5.42. The van der Waals surface area contributed by atoms with E-state index in [0.717, 1.165) is 39.1 Å². The minimum atomic E-state index is -0.00136. The molecule has 4 heteroatoms. The fourth-order valence-electron chi connectivity index (χ4n) is 3.19. The van der Waals surface area contributed by atoms with Crippen LogP contribution in [0, 0.1) is 13.8 Å². The van der Waals surface area contributed by atoms with Gasteiger partial charge in [0.05, 0.1) is 25.5 Å². The van der Waals surface area contributed by atoms with E-state index < -0.39 is 0 Å². The Bertz CT molecular complexity index is 1060. The number of benzene rings is 2. The third-order valence-corrected chi connectivity index (χ3v) is 4.69. The molecule has 0 unspecified atom stereocenters. The van der Waals surface area contributed by atoms with Crippen LogP contribution in [0.1, 0.15) is 22.5 Å². The zero-order valence-corrected chi connectivity index (χ0v) is 15.4. The summed E-state index contributed by atoms with van der Waals surface area (Å²) in [5.41, 5.74) is 4.84. The summed E-state index contributed by atoms with van der Waals surface area (Å²) in [4.78, 5) is 14.9. The van der Waals surface area contributed by atoms with Gasteiger partial charge in [-0.1, -0.05) is 29.8 Å². The number of furan rings is 2. The van der Waals surface area contributed by atoms with Crippen LogP contribution in [0.3, 0.4) is 0 Å². The maximum Gasteiger partial charge on any atom is 0.231 e. The first kappa shape index (κ1) is 17.2. The summed E-state index contributed by atoms with van der Waals surface area (Å²) < 4.78 is 11.1. The number of aryl methyl sites for hydroxylation is 2. The summed E-state index contributed by atoms with van der Waals surface area (Å²) in [6.07, 6.45) is 3.58. The summed E-state index contributed by atoms with van der Waals surface area (Å²) in [5, 5.41) is 0.982. The fraction of sp³-hybridized carbons (Fsp3) is 0.174. The highest BCUT2D eigenvalue weighted by Crippen LogP contribution is 2.25. The van der Waals surface area contributed by atoms with Crippen molar-refractivity contribution in [3.8, 4) is 0 Å². The molecule has 0 spiro atoms. The van der Waals surface area contributed by atoms with Crippen molar-refractivity contribution in [3.63, 3.8) is 0 Å². The van der Waals surface area contributed by atoms with Crippen LogP contribution in [-0.2, 0) is 17.8 Å². The molecule has 0 saturated carbocycles. The summed E-state index contributed by atoms with van der Waals surface area (Å²) in [7, 11) is 0. The lowest BCUT2D eigenvalue weighted by atomic mass is 10.1. The molecule has 1 amide bonds. The van der Waals surface area contributed by atoms with Crippen LogP contribution >= 0.6 is 0 Å². The predicted molar refractivity (Wildman–Crippen MR) is 106 cm³/mol. The van der Waals surface area contributed by atoms with Crippen molar-refractivity contribution in [2.75, 3.05) is 4.90 Å². The molecule has 2 aromatic heterocycles. The molecule has 0 saturated heterocycles. The molecule has 0 aliphatic rings. The second-order valence-corrected chi connectivity index (χ2v) is 6.83. The van der Waals surface area contributed by atoms with Gasteiger partial charge in [-0.15, -0.1) is 0 Å². The Morgan fingerprint density at radius 3 is 2.48 bits per heavy atom. The van der Waals surface area contributed by atoms with E-state index in [9.17, 15) is 4.79 Å². The van der Waals surface area contributed by atoms with E-state index in [0.29, 0.717) is 6.54 Å². The number of hydrogen-bond acceptors (Lipinski definition) is 3. The largest absolute Gasteiger partial charge is 0.467 e. The number of hydrogen-bond donors (Lipinski definition) is 0. The molecular weight excluding hydrogens is 338 g/mol. The summed E-state index contributed by atoms with van der Waals surface area (Å²) >= 11 is 0. The van der Waals surface area contributed by atoms with Crippen molar-refractivity contribution in [1.29, 1.82) is 0 Å². The lowest BCUT2D eigenvalue weighted by Gasteiger charge is -2.22. The number of nitrogens with zero attached hydrogens (tertiary/aromatic N) is 1. The molecule has 4 nitrogen and oxygen atoms in total. The van der Waals surface area contributed by atoms with Crippen LogP contribution < -0.4 is 4.90 Å². The molecule has 4 rings (SSSR count). The maximum absolute atomic E-state index is 13.2. The van der Waals surface area contributed by atoms with Gasteiger partial charge in [0.1, 0.15) is 11.3 Å². The zero-order valence-electron chi connectivity index (χ0n) is 15.4. The van der Waals surface area contributed by atoms with Crippen molar-refractivity contribution in [3.05, 3.63) is 89.6 Å². The molecule has 0 aliphatic carbocycles. The average Bonchev–Trinajstić information content (AvgIpc) is 3.30. The average molecular weight is 359 g/mol. The Balaban J connectivity index is 1.64. The van der Waals surface area contributed by atoms with Gasteiger partial charge in [-0.25, -0.2) is 0 Å². The Kier molecular flexibility index (Phi) is 4.55. The molecule has 0 aliphatic heterocycles. The molecule has 0 bridgehead atoms. The Morgan fingerprint density at radius 2 is 1.74 bits per heavy atom. The smallest absolute Gasteiger partial charge is 0.231 e. The first-order valence-electron chi connectivity index (χ1n) is 8.96. The van der Waals surface area contributed by atoms with Gasteiger partial charge in [0.15, 0.2) is 0 Å². The van der Waals surface area contributed by atoms with Crippen molar-refractivity contribution < 1.29 is 13.6 Å². The van der Waals surface area contributed by atoms with E-state index >= 15 is 0 Å². The minimum absolute atomic E-state index is 0.00136. The van der Waals surface area contributed by atoms with Crippen LogP contribution in [0.5, 0.6) is 0 Å². The molecule has 0 N–H and O–H groups in total. The molecule has 0 atom stereocenters. The van der Waals surface area contributed by atoms with Crippen LogP contribution in [0.15, 0.2) is 76.0 Å². The first-order chi connectivity index (χ1) is 13.1. The Morgan fingerprint density at radius 1 is 0.963 bits per heavy atom. The second kappa shape index (κ2) is 7.16. The highest BCUT2D eigenvalue weighted by Gasteiger charge is 2.20. The van der Waals surface area contributed by atoms with E-state index in [1.54, 1.807) is 17.4 Å². The second-order valence-electron chi connectivity index (χ2n) is 6.83. The van der Waals surface area contributed by atoms with Crippen molar-refractivity contribution in [1.82, 2.24) is 0 Å². The number of carbonyl (C=O) groups excluding carboxylic acids is 1. The lowest BCUT2D eigenvalue weighted by molar-refractivity contribution is -0.118. The molecule has 0 fully saturated rings. The number of fused-ring (bicyclic) bond motifs is 1. The van der Waals surface area contributed by atoms with Crippen molar-refractivity contribution in [2.24, 2.45) is 0 Å². The highest BCUT2D eigenvalue weighted by atomic mass is 16.3. The third kappa shape index (κ3) is 3.65. The van der Waals surface area contributed by atoms with Gasteiger partial charge >= 0.3 is 0 Å². The van der Waals surface area contributed by atoms with Gasteiger partial charge in [-0.05, 0) is 49.7 Å². The SMILES string of the molecule is Cc1ccc(N(Cc2ccco2)C(=O)Cc2coc3cc(C)ccc23)cc1. The molecule has 136 valence electrons. The van der Waals surface area contributed by atoms with E-state index in [1.807, 2.05) is 68.4 Å². The van der Waals surface area contributed by atoms with Crippen LogP contribution in [0.2, 0.25) is 0 Å². The first-order valence-corrected chi connectivity index (χ1v) is 8.96. The molecule has 2 heterocycles. The van der Waals surface area contributed by atoms with E-state index in [1.165, 1.54) is 0 Å². The van der Waals surface area contributed by atoms with Crippen molar-refractivity contribution >= 4 is 22.6 Å². The van der Waals surface area contributed by atoms with Gasteiger partial charge in [0.2, 0.25) is 5.91 Å². The standard InChI is InChI=1S/C23H21NO3/c1-16-5-8-19(9-6-16)24(14-20-4-3-11-26-20)23(25)13-18-15-27-22-12-17(2)7-10-21(18)22/h3-12,15H,13-14H2,1-2H3. The minimum Gasteiger partial charge on any atom is -0.467 e. The van der Waals surface area contributed by atoms with Gasteiger partial charge in [-0.3, -0.25) is 4.79 Å². The van der Waals surface area contributed by atoms with Crippen LogP contribution in [-0.4, -0.2) is 5.91 Å². The van der Waals surface area contributed by atoms with Gasteiger partial charge in [0, 0.05) is 16.6 Å². The van der Waals surface area contributed by atoms with Crippen LogP contribution in [0.25, 0.3) is 11.0 Å². The van der Waals surface area contributed by atoms with Crippen LogP contribution in [0.4, 0.5) is 5.69 Å². The molecule has 0 radical (unpaired) electrons. The molecule has 4 aromatic rings. The fourth-order valence-corrected chi connectivity index (χ4v) is 3.19. The monoisotopic (exact) mass is 359 g/mol. The van der Waals surface area contributed by atoms with E-state index in [4.69, 9.17) is 8.83 Å². The number of rotatable bonds is 5. The Hall–Kier alpha value is -3.27. The van der Waals surface area contributed by atoms with Gasteiger partial charge in [-0.2, -0.15) is 0 Å². The molecule has 27 heavy (non-hydrogen) atoms. The number of anilines is 1. The Labute approximate surface area is 158 Å². The summed E-state index contributed by atoms with van der Waals surface area (Å²) in [6, 6.07) is 17.7. The molecular formula is C23H21NO3. The third-order valence-electron chi connectivity index (χ3n) is 4.69. The number of carbonyl (C=O) groups is 1. The summed E-state index contributed by atoms with van der Waals surface area (Å²) in [6.45, 7) is 4.45. The highest BCUT2D eigenvalue weighted by molar-refractivity contribution is 5.97. The number of amides is 1. The lowest BCUT2D eigenvalue weighted by Crippen LogP contribution is -2.31. The summed E-state index contributed by atoms with van der Waals surface area (Å²) in [5.74, 6) is 0.745. The zero-order chi connectivity index (χ0) is 18.8. The topological polar surface area (TPSA) is 46.6 Å². The van der Waals surface area contributed by atoms with E-state index in [2.05, 4.69) is 0 Å². The quantitative estimate of drug-likeness (QED) is 0.478. The van der Waals surface area contributed by atoms with E-state index in [-0.39, 0.29) is 12.3 Å². The van der Waals surface area contributed by atoms with Gasteiger partial charge < -0.3 is 13.7 Å². The molecule has 2 aromatic carbocycles. The van der Waals surface area contributed by atoms with Crippen molar-refractivity contribution in [2.45, 2.75) is 26.8 Å². The maximum atomic E-state index is 13.2.